The van der Waals surface area contributed by atoms with Gasteiger partial charge in [0.1, 0.15) is 5.82 Å². The van der Waals surface area contributed by atoms with Crippen LogP contribution in [0.4, 0.5) is 0 Å². The van der Waals surface area contributed by atoms with E-state index in [9.17, 15) is 4.79 Å². The fraction of sp³-hybridized carbons (Fsp3) is 0.333. The van der Waals surface area contributed by atoms with E-state index in [1.807, 2.05) is 37.3 Å². The third-order valence-electron chi connectivity index (χ3n) is 3.74. The number of carbonyl (C=O) groups is 1. The van der Waals surface area contributed by atoms with Crippen LogP contribution in [0.2, 0.25) is 0 Å². The number of rotatable bonds is 3. The van der Waals surface area contributed by atoms with E-state index < -0.39 is 0 Å². The molecule has 0 N–H and O–H groups in total. The van der Waals surface area contributed by atoms with Crippen molar-refractivity contribution in [3.63, 3.8) is 0 Å². The van der Waals surface area contributed by atoms with Gasteiger partial charge in [-0.15, -0.1) is 0 Å². The summed E-state index contributed by atoms with van der Waals surface area (Å²) >= 11 is 0. The van der Waals surface area contributed by atoms with Crippen molar-refractivity contribution in [2.45, 2.75) is 31.6 Å². The van der Waals surface area contributed by atoms with Crippen molar-refractivity contribution in [1.29, 1.82) is 0 Å². The summed E-state index contributed by atoms with van der Waals surface area (Å²) in [4.78, 5) is 16.9. The van der Waals surface area contributed by atoms with Crippen LogP contribution >= 0.6 is 0 Å². The molecule has 1 aliphatic rings. The number of benzene rings is 1. The van der Waals surface area contributed by atoms with Gasteiger partial charge in [0.05, 0.1) is 5.41 Å². The number of nitrogens with zero attached hydrogens (tertiary/aromatic N) is 2. The van der Waals surface area contributed by atoms with E-state index in [1.54, 1.807) is 17.0 Å². The van der Waals surface area contributed by atoms with Crippen LogP contribution in [0, 0.1) is 0 Å². The molecule has 0 bridgehead atoms. The third kappa shape index (κ3) is 1.58. The number of aryl methyl sites for hydroxylation is 1. The van der Waals surface area contributed by atoms with Crippen LogP contribution in [0.1, 0.15) is 35.9 Å². The van der Waals surface area contributed by atoms with Gasteiger partial charge in [-0.1, -0.05) is 37.3 Å². The van der Waals surface area contributed by atoms with Crippen molar-refractivity contribution in [1.82, 2.24) is 9.55 Å². The smallest absolute Gasteiger partial charge is 0.242 e. The van der Waals surface area contributed by atoms with Crippen LogP contribution in [-0.4, -0.2) is 15.5 Å². The Bertz CT molecular complexity index is 567. The molecule has 1 aromatic heterocycles. The highest BCUT2D eigenvalue weighted by molar-refractivity contribution is 5.93. The molecule has 18 heavy (non-hydrogen) atoms. The van der Waals surface area contributed by atoms with E-state index in [1.165, 1.54) is 0 Å². The Labute approximate surface area is 106 Å². The number of hydrogen-bond donors (Lipinski definition) is 0. The predicted molar refractivity (Wildman–Crippen MR) is 69.6 cm³/mol. The molecule has 3 rings (SSSR count). The lowest BCUT2D eigenvalue weighted by atomic mass is 9.95. The van der Waals surface area contributed by atoms with Crippen LogP contribution in [0.5, 0.6) is 0 Å². The Hall–Kier alpha value is -1.90. The molecule has 1 heterocycles. The zero-order valence-electron chi connectivity index (χ0n) is 10.5. The Kier molecular flexibility index (Phi) is 2.54. The van der Waals surface area contributed by atoms with E-state index in [4.69, 9.17) is 0 Å². The van der Waals surface area contributed by atoms with Crippen molar-refractivity contribution >= 4 is 5.91 Å². The number of hydrogen-bond acceptors (Lipinski definition) is 2. The lowest BCUT2D eigenvalue weighted by molar-refractivity contribution is 0.0859. The normalized spacial score (nSPS) is 16.5. The first-order chi connectivity index (χ1) is 8.78. The summed E-state index contributed by atoms with van der Waals surface area (Å²) in [6, 6.07) is 10.1. The molecule has 0 aliphatic heterocycles. The van der Waals surface area contributed by atoms with Gasteiger partial charge in [0, 0.05) is 18.8 Å². The minimum absolute atomic E-state index is 0.169. The molecule has 1 fully saturated rings. The SMILES string of the molecule is CCc1nccn1C(=O)C1(c2ccccc2)CC1. The Morgan fingerprint density at radius 2 is 2.06 bits per heavy atom. The molecule has 0 radical (unpaired) electrons. The van der Waals surface area contributed by atoms with Crippen molar-refractivity contribution in [3.8, 4) is 0 Å². The standard InChI is InChI=1S/C15H16N2O/c1-2-13-16-10-11-17(13)14(18)15(8-9-15)12-6-4-3-5-7-12/h3-7,10-11H,2,8-9H2,1H3. The fourth-order valence-electron chi connectivity index (χ4n) is 2.52. The van der Waals surface area contributed by atoms with Gasteiger partial charge in [-0.2, -0.15) is 0 Å². The van der Waals surface area contributed by atoms with E-state index in [2.05, 4.69) is 4.98 Å². The molecule has 3 heteroatoms. The second-order valence-electron chi connectivity index (χ2n) is 4.82. The van der Waals surface area contributed by atoms with Gasteiger partial charge in [0.2, 0.25) is 5.91 Å². The summed E-state index contributed by atoms with van der Waals surface area (Å²) in [5.74, 6) is 1.02. The van der Waals surface area contributed by atoms with E-state index >= 15 is 0 Å². The second kappa shape index (κ2) is 4.09. The fourth-order valence-corrected chi connectivity index (χ4v) is 2.52. The molecule has 0 saturated heterocycles. The lowest BCUT2D eigenvalue weighted by Gasteiger charge is -2.16. The summed E-state index contributed by atoms with van der Waals surface area (Å²) in [6.45, 7) is 2.02. The molecule has 3 nitrogen and oxygen atoms in total. The largest absolute Gasteiger partial charge is 0.273 e. The molecule has 0 amide bonds. The van der Waals surface area contributed by atoms with Gasteiger partial charge in [-0.05, 0) is 18.4 Å². The molecule has 1 aliphatic carbocycles. The van der Waals surface area contributed by atoms with E-state index in [0.717, 1.165) is 30.7 Å². The first-order valence-electron chi connectivity index (χ1n) is 6.40. The Balaban J connectivity index is 1.98. The van der Waals surface area contributed by atoms with Gasteiger partial charge in [0.15, 0.2) is 0 Å². The molecule has 92 valence electrons. The lowest BCUT2D eigenvalue weighted by Crippen LogP contribution is -2.27. The first kappa shape index (κ1) is 11.2. The quantitative estimate of drug-likeness (QED) is 0.826. The zero-order valence-corrected chi connectivity index (χ0v) is 10.5. The molecule has 1 aromatic carbocycles. The molecule has 0 atom stereocenters. The third-order valence-corrected chi connectivity index (χ3v) is 3.74. The van der Waals surface area contributed by atoms with Crippen LogP contribution in [-0.2, 0) is 11.8 Å². The van der Waals surface area contributed by atoms with Crippen molar-refractivity contribution in [2.75, 3.05) is 0 Å². The van der Waals surface area contributed by atoms with Gasteiger partial charge >= 0.3 is 0 Å². The summed E-state index contributed by atoms with van der Waals surface area (Å²) < 4.78 is 1.72. The Morgan fingerprint density at radius 3 is 2.67 bits per heavy atom. The van der Waals surface area contributed by atoms with Crippen molar-refractivity contribution in [2.24, 2.45) is 0 Å². The van der Waals surface area contributed by atoms with Crippen LogP contribution < -0.4 is 0 Å². The van der Waals surface area contributed by atoms with E-state index in [0.29, 0.717) is 0 Å². The molecular formula is C15H16N2O. The summed E-state index contributed by atoms with van der Waals surface area (Å²) in [5.41, 5.74) is 0.831. The molecular weight excluding hydrogens is 224 g/mol. The van der Waals surface area contributed by atoms with Gasteiger partial charge < -0.3 is 0 Å². The highest BCUT2D eigenvalue weighted by atomic mass is 16.2. The Morgan fingerprint density at radius 1 is 1.33 bits per heavy atom. The van der Waals surface area contributed by atoms with Gasteiger partial charge in [-0.25, -0.2) is 4.98 Å². The van der Waals surface area contributed by atoms with Gasteiger partial charge in [0.25, 0.3) is 0 Å². The molecule has 0 spiro atoms. The molecule has 0 unspecified atom stereocenters. The maximum Gasteiger partial charge on any atom is 0.242 e. The van der Waals surface area contributed by atoms with Crippen molar-refractivity contribution < 1.29 is 4.79 Å². The maximum atomic E-state index is 12.7. The monoisotopic (exact) mass is 240 g/mol. The maximum absolute atomic E-state index is 12.7. The minimum Gasteiger partial charge on any atom is -0.273 e. The first-order valence-corrected chi connectivity index (χ1v) is 6.40. The summed E-state index contributed by atoms with van der Waals surface area (Å²) in [6.07, 6.45) is 6.15. The average molecular weight is 240 g/mol. The van der Waals surface area contributed by atoms with Crippen LogP contribution in [0.3, 0.4) is 0 Å². The van der Waals surface area contributed by atoms with Gasteiger partial charge in [-0.3, -0.25) is 9.36 Å². The summed E-state index contributed by atoms with van der Waals surface area (Å²) in [5, 5.41) is 0. The highest BCUT2D eigenvalue weighted by Gasteiger charge is 2.52. The van der Waals surface area contributed by atoms with E-state index in [-0.39, 0.29) is 11.3 Å². The van der Waals surface area contributed by atoms with Crippen molar-refractivity contribution in [3.05, 3.63) is 54.1 Å². The zero-order chi connectivity index (χ0) is 12.6. The number of imidazole rings is 1. The highest BCUT2D eigenvalue weighted by Crippen LogP contribution is 2.49. The average Bonchev–Trinajstić information content (AvgIpc) is 3.10. The second-order valence-corrected chi connectivity index (χ2v) is 4.82. The van der Waals surface area contributed by atoms with Crippen LogP contribution in [0.25, 0.3) is 0 Å². The minimum atomic E-state index is -0.300. The molecule has 1 saturated carbocycles. The summed E-state index contributed by atoms with van der Waals surface area (Å²) in [7, 11) is 0. The predicted octanol–water partition coefficient (Wildman–Crippen LogP) is 2.82. The topological polar surface area (TPSA) is 34.9 Å². The number of aromatic nitrogens is 2. The number of carbonyl (C=O) groups excluding carboxylic acids is 1. The molecule has 2 aromatic rings. The van der Waals surface area contributed by atoms with Crippen LogP contribution in [0.15, 0.2) is 42.7 Å².